The molecule has 2 aromatic rings. The zero-order valence-corrected chi connectivity index (χ0v) is 16.8. The quantitative estimate of drug-likeness (QED) is 0.661. The summed E-state index contributed by atoms with van der Waals surface area (Å²) < 4.78 is 3.22. The molecule has 128 valence electrons. The van der Waals surface area contributed by atoms with Crippen LogP contribution in [-0.2, 0) is 11.8 Å². The second-order valence-electron chi connectivity index (χ2n) is 4.92. The lowest BCUT2D eigenvalue weighted by Gasteiger charge is -2.16. The molecule has 24 heavy (non-hydrogen) atoms. The van der Waals surface area contributed by atoms with Gasteiger partial charge in [0.1, 0.15) is 12.2 Å². The number of halogens is 2. The molecule has 2 N–H and O–H groups in total. The molecule has 7 nitrogen and oxygen atoms in total. The Morgan fingerprint density at radius 1 is 1.25 bits per heavy atom. The number of hydrogen-bond acceptors (Lipinski definition) is 4. The topological polar surface area (TPSA) is 83.4 Å². The summed E-state index contributed by atoms with van der Waals surface area (Å²) in [4.78, 5) is 37.8. The number of hydrogen-bond donors (Lipinski definition) is 2. The SMILES string of the molecule is CN(CC(=O)NNC(=O)c1cc(Br)cn1C)C(=O)c1ccc(Br)s1. The standard InChI is InChI=1S/C14H14Br2N4O3S/c1-19-6-8(15)5-9(19)13(22)18-17-12(21)7-20(2)14(23)10-3-4-11(16)24-10/h3-6H,7H2,1-2H3,(H,17,21)(H,18,22). The monoisotopic (exact) mass is 476 g/mol. The second kappa shape index (κ2) is 7.95. The van der Waals surface area contributed by atoms with Crippen LogP contribution in [0.2, 0.25) is 0 Å². The van der Waals surface area contributed by atoms with Crippen LogP contribution in [0.15, 0.2) is 32.7 Å². The van der Waals surface area contributed by atoms with Gasteiger partial charge >= 0.3 is 0 Å². The van der Waals surface area contributed by atoms with E-state index in [0.717, 1.165) is 8.26 Å². The molecule has 2 heterocycles. The summed E-state index contributed by atoms with van der Waals surface area (Å²) in [7, 11) is 3.23. The predicted molar refractivity (Wildman–Crippen MR) is 97.7 cm³/mol. The zero-order chi connectivity index (χ0) is 17.9. The average Bonchev–Trinajstić information content (AvgIpc) is 3.09. The van der Waals surface area contributed by atoms with Gasteiger partial charge in [-0.2, -0.15) is 0 Å². The number of amides is 3. The molecule has 0 bridgehead atoms. The van der Waals surface area contributed by atoms with E-state index in [1.165, 1.54) is 23.3 Å². The van der Waals surface area contributed by atoms with E-state index in [9.17, 15) is 14.4 Å². The normalized spacial score (nSPS) is 10.3. The average molecular weight is 478 g/mol. The third-order valence-corrected chi connectivity index (χ3v) is 5.08. The molecule has 10 heteroatoms. The molecule has 0 aliphatic carbocycles. The molecule has 0 aliphatic heterocycles. The smallest absolute Gasteiger partial charge is 0.286 e. The van der Waals surface area contributed by atoms with Crippen LogP contribution >= 0.6 is 43.2 Å². The summed E-state index contributed by atoms with van der Waals surface area (Å²) in [5, 5.41) is 0. The van der Waals surface area contributed by atoms with E-state index in [4.69, 9.17) is 0 Å². The number of carbonyl (C=O) groups is 3. The Balaban J connectivity index is 1.85. The van der Waals surface area contributed by atoms with Crippen molar-refractivity contribution in [1.82, 2.24) is 20.3 Å². The van der Waals surface area contributed by atoms with Crippen molar-refractivity contribution in [2.75, 3.05) is 13.6 Å². The molecule has 2 aromatic heterocycles. The van der Waals surface area contributed by atoms with Gasteiger partial charge in [0.05, 0.1) is 8.66 Å². The number of hydrazine groups is 1. The minimum absolute atomic E-state index is 0.175. The van der Waals surface area contributed by atoms with Crippen LogP contribution in [-0.4, -0.2) is 40.8 Å². The molecule has 0 saturated heterocycles. The van der Waals surface area contributed by atoms with Gasteiger partial charge in [0, 0.05) is 24.8 Å². The van der Waals surface area contributed by atoms with Crippen molar-refractivity contribution in [1.29, 1.82) is 0 Å². The largest absolute Gasteiger partial charge is 0.345 e. The molecule has 2 rings (SSSR count). The first-order chi connectivity index (χ1) is 11.3. The zero-order valence-electron chi connectivity index (χ0n) is 12.8. The van der Waals surface area contributed by atoms with Gasteiger partial charge in [-0.3, -0.25) is 25.2 Å². The Labute approximate surface area is 159 Å². The molecule has 0 spiro atoms. The fraction of sp³-hybridized carbons (Fsp3) is 0.214. The third kappa shape index (κ3) is 4.68. The predicted octanol–water partition coefficient (Wildman–Crippen LogP) is 2.14. The van der Waals surface area contributed by atoms with Crippen LogP contribution in [0.4, 0.5) is 0 Å². The Morgan fingerprint density at radius 3 is 2.50 bits per heavy atom. The summed E-state index contributed by atoms with van der Waals surface area (Å²) >= 11 is 7.84. The maximum atomic E-state index is 12.1. The lowest BCUT2D eigenvalue weighted by atomic mass is 10.4. The number of thiophene rings is 1. The molecule has 0 atom stereocenters. The van der Waals surface area contributed by atoms with E-state index in [-0.39, 0.29) is 12.5 Å². The highest BCUT2D eigenvalue weighted by molar-refractivity contribution is 9.11. The van der Waals surface area contributed by atoms with Gasteiger partial charge in [0.15, 0.2) is 0 Å². The van der Waals surface area contributed by atoms with Gasteiger partial charge in [0.2, 0.25) is 0 Å². The highest BCUT2D eigenvalue weighted by atomic mass is 79.9. The van der Waals surface area contributed by atoms with E-state index in [1.807, 2.05) is 0 Å². The molecule has 3 amide bonds. The minimum Gasteiger partial charge on any atom is -0.345 e. The maximum Gasteiger partial charge on any atom is 0.286 e. The Kier molecular flexibility index (Phi) is 6.19. The van der Waals surface area contributed by atoms with Crippen molar-refractivity contribution in [2.24, 2.45) is 7.05 Å². The number of aromatic nitrogens is 1. The molecule has 0 unspecified atom stereocenters. The minimum atomic E-state index is -0.497. The highest BCUT2D eigenvalue weighted by Gasteiger charge is 2.17. The summed E-state index contributed by atoms with van der Waals surface area (Å²) in [6.45, 7) is -0.175. The summed E-state index contributed by atoms with van der Waals surface area (Å²) in [5.41, 5.74) is 5.00. The van der Waals surface area contributed by atoms with Crippen LogP contribution in [0.1, 0.15) is 20.2 Å². The Morgan fingerprint density at radius 2 is 1.96 bits per heavy atom. The van der Waals surface area contributed by atoms with Crippen LogP contribution in [0, 0.1) is 0 Å². The number of nitrogens with zero attached hydrogens (tertiary/aromatic N) is 2. The van der Waals surface area contributed by atoms with E-state index >= 15 is 0 Å². The van der Waals surface area contributed by atoms with Gasteiger partial charge in [-0.1, -0.05) is 0 Å². The van der Waals surface area contributed by atoms with E-state index in [2.05, 4.69) is 42.7 Å². The first-order valence-corrected chi connectivity index (χ1v) is 9.10. The number of aryl methyl sites for hydroxylation is 1. The fourth-order valence-corrected chi connectivity index (χ4v) is 3.79. The first-order valence-electron chi connectivity index (χ1n) is 6.69. The number of nitrogens with one attached hydrogen (secondary N) is 2. The van der Waals surface area contributed by atoms with Crippen molar-refractivity contribution >= 4 is 60.9 Å². The summed E-state index contributed by atoms with van der Waals surface area (Å²) in [6.07, 6.45) is 1.72. The van der Waals surface area contributed by atoms with Crippen molar-refractivity contribution in [3.05, 3.63) is 43.2 Å². The van der Waals surface area contributed by atoms with E-state index in [0.29, 0.717) is 10.6 Å². The maximum absolute atomic E-state index is 12.1. The van der Waals surface area contributed by atoms with Crippen LogP contribution in [0.5, 0.6) is 0 Å². The number of carbonyl (C=O) groups excluding carboxylic acids is 3. The first kappa shape index (κ1) is 18.7. The molecule has 0 aliphatic rings. The van der Waals surface area contributed by atoms with E-state index < -0.39 is 11.8 Å². The van der Waals surface area contributed by atoms with Crippen LogP contribution < -0.4 is 10.9 Å². The number of likely N-dealkylation sites (N-methyl/N-ethyl adjacent to an activating group) is 1. The number of rotatable bonds is 4. The molecule has 0 radical (unpaired) electrons. The van der Waals surface area contributed by atoms with Gasteiger partial charge in [-0.15, -0.1) is 11.3 Å². The Hall–Kier alpha value is -1.65. The van der Waals surface area contributed by atoms with Crippen molar-refractivity contribution in [3.63, 3.8) is 0 Å². The Bertz CT molecular complexity index is 787. The van der Waals surface area contributed by atoms with Crippen LogP contribution in [0.3, 0.4) is 0 Å². The van der Waals surface area contributed by atoms with Crippen molar-refractivity contribution < 1.29 is 14.4 Å². The van der Waals surface area contributed by atoms with Crippen molar-refractivity contribution in [2.45, 2.75) is 0 Å². The summed E-state index contributed by atoms with van der Waals surface area (Å²) in [6, 6.07) is 5.08. The fourth-order valence-electron chi connectivity index (χ4n) is 1.88. The van der Waals surface area contributed by atoms with Crippen LogP contribution in [0.25, 0.3) is 0 Å². The van der Waals surface area contributed by atoms with Crippen molar-refractivity contribution in [3.8, 4) is 0 Å². The van der Waals surface area contributed by atoms with Gasteiger partial charge in [-0.25, -0.2) is 0 Å². The highest BCUT2D eigenvalue weighted by Crippen LogP contribution is 2.22. The van der Waals surface area contributed by atoms with Gasteiger partial charge in [-0.05, 0) is 50.1 Å². The molecular weight excluding hydrogens is 464 g/mol. The van der Waals surface area contributed by atoms with E-state index in [1.54, 1.807) is 36.0 Å². The second-order valence-corrected chi connectivity index (χ2v) is 8.30. The van der Waals surface area contributed by atoms with Gasteiger partial charge < -0.3 is 9.47 Å². The molecule has 0 aromatic carbocycles. The lowest BCUT2D eigenvalue weighted by molar-refractivity contribution is -0.122. The van der Waals surface area contributed by atoms with Gasteiger partial charge in [0.25, 0.3) is 17.7 Å². The third-order valence-electron chi connectivity index (χ3n) is 3.03. The lowest BCUT2D eigenvalue weighted by Crippen LogP contribution is -2.47. The molecule has 0 fully saturated rings. The molecule has 0 saturated carbocycles. The molecular formula is C14H14Br2N4O3S. The summed E-state index contributed by atoms with van der Waals surface area (Å²) in [5.74, 6) is -1.21.